The molecule has 0 saturated heterocycles. The van der Waals surface area contributed by atoms with Gasteiger partial charge in [-0.2, -0.15) is 8.78 Å². The van der Waals surface area contributed by atoms with Crippen LogP contribution in [-0.2, 0) is 9.59 Å². The number of benzene rings is 2. The molecule has 0 atom stereocenters. The molecule has 0 radical (unpaired) electrons. The number of hydrogen-bond acceptors (Lipinski definition) is 5. The molecule has 0 unspecified atom stereocenters. The zero-order chi connectivity index (χ0) is 20.5. The van der Waals surface area contributed by atoms with Crippen molar-refractivity contribution in [2.75, 3.05) is 37.0 Å². The fraction of sp³-hybridized carbons (Fsp3) is 0.263. The van der Waals surface area contributed by atoms with Gasteiger partial charge in [0.1, 0.15) is 0 Å². The standard InChI is InChI=1S/C19H21F2N3O2S2/c1-24(11-17(25)22-13-7-3-5-9-15(13)27-2)12-18(26)23-14-8-4-6-10-16(14)28-19(20)21/h3-10,19H,11-12H2,1-2H3,(H,22,25)(H,23,26). The second-order valence-electron chi connectivity index (χ2n) is 5.84. The average molecular weight is 426 g/mol. The summed E-state index contributed by atoms with van der Waals surface area (Å²) in [7, 11) is 1.64. The summed E-state index contributed by atoms with van der Waals surface area (Å²) in [5.41, 5.74) is 1.04. The third-order valence-corrected chi connectivity index (χ3v) is 5.17. The van der Waals surface area contributed by atoms with E-state index in [9.17, 15) is 18.4 Å². The highest BCUT2D eigenvalue weighted by molar-refractivity contribution is 7.99. The zero-order valence-corrected chi connectivity index (χ0v) is 17.1. The lowest BCUT2D eigenvalue weighted by Gasteiger charge is -2.17. The number of nitrogens with zero attached hydrogens (tertiary/aromatic N) is 1. The van der Waals surface area contributed by atoms with Gasteiger partial charge in [0.05, 0.1) is 24.5 Å². The van der Waals surface area contributed by atoms with Crippen molar-refractivity contribution in [1.82, 2.24) is 4.90 Å². The predicted octanol–water partition coefficient (Wildman–Crippen LogP) is 4.23. The van der Waals surface area contributed by atoms with Crippen molar-refractivity contribution in [2.24, 2.45) is 0 Å². The lowest BCUT2D eigenvalue weighted by molar-refractivity contribution is -0.119. The number of para-hydroxylation sites is 2. The van der Waals surface area contributed by atoms with Crippen molar-refractivity contribution in [3.8, 4) is 0 Å². The molecule has 9 heteroatoms. The first kappa shape index (κ1) is 22.2. The smallest absolute Gasteiger partial charge is 0.288 e. The predicted molar refractivity (Wildman–Crippen MR) is 111 cm³/mol. The normalized spacial score (nSPS) is 10.9. The van der Waals surface area contributed by atoms with Gasteiger partial charge in [-0.1, -0.05) is 36.0 Å². The maximum Gasteiger partial charge on any atom is 0.288 e. The van der Waals surface area contributed by atoms with Crippen LogP contribution < -0.4 is 10.6 Å². The minimum absolute atomic E-state index is 0.0174. The Morgan fingerprint density at radius 1 is 0.929 bits per heavy atom. The number of anilines is 2. The molecule has 2 aromatic rings. The van der Waals surface area contributed by atoms with Crippen LogP contribution in [0, 0.1) is 0 Å². The van der Waals surface area contributed by atoms with Crippen LogP contribution in [0.25, 0.3) is 0 Å². The van der Waals surface area contributed by atoms with E-state index in [2.05, 4.69) is 10.6 Å². The Kier molecular flexibility index (Phi) is 8.75. The number of carbonyl (C=O) groups is 2. The summed E-state index contributed by atoms with van der Waals surface area (Å²) < 4.78 is 25.2. The fourth-order valence-corrected chi connectivity index (χ4v) is 3.59. The number of nitrogens with one attached hydrogen (secondary N) is 2. The summed E-state index contributed by atoms with van der Waals surface area (Å²) in [4.78, 5) is 27.2. The number of rotatable bonds is 9. The molecule has 0 heterocycles. The molecule has 28 heavy (non-hydrogen) atoms. The van der Waals surface area contributed by atoms with Crippen LogP contribution >= 0.6 is 23.5 Å². The third-order valence-electron chi connectivity index (χ3n) is 3.59. The summed E-state index contributed by atoms with van der Waals surface area (Å²) in [5, 5.41) is 5.44. The topological polar surface area (TPSA) is 61.4 Å². The van der Waals surface area contributed by atoms with E-state index < -0.39 is 5.76 Å². The summed E-state index contributed by atoms with van der Waals surface area (Å²) in [6, 6.07) is 13.8. The summed E-state index contributed by atoms with van der Waals surface area (Å²) in [6.07, 6.45) is 1.92. The molecule has 0 aliphatic rings. The maximum absolute atomic E-state index is 12.6. The second-order valence-corrected chi connectivity index (χ2v) is 7.72. The Labute approximate surface area is 171 Å². The van der Waals surface area contributed by atoms with Gasteiger partial charge in [0.15, 0.2) is 0 Å². The van der Waals surface area contributed by atoms with Gasteiger partial charge in [-0.25, -0.2) is 0 Å². The Morgan fingerprint density at radius 2 is 1.39 bits per heavy atom. The first-order valence-electron chi connectivity index (χ1n) is 8.34. The monoisotopic (exact) mass is 425 g/mol. The minimum atomic E-state index is -2.58. The van der Waals surface area contributed by atoms with Gasteiger partial charge in [0.25, 0.3) is 5.76 Å². The highest BCUT2D eigenvalue weighted by atomic mass is 32.2. The van der Waals surface area contributed by atoms with Gasteiger partial charge < -0.3 is 10.6 Å². The van der Waals surface area contributed by atoms with Crippen molar-refractivity contribution in [2.45, 2.75) is 15.5 Å². The molecule has 2 aromatic carbocycles. The number of carbonyl (C=O) groups excluding carboxylic acids is 2. The van der Waals surface area contributed by atoms with Crippen LogP contribution in [0.15, 0.2) is 58.3 Å². The molecule has 2 amide bonds. The van der Waals surface area contributed by atoms with E-state index >= 15 is 0 Å². The second kappa shape index (κ2) is 11.0. The maximum atomic E-state index is 12.6. The quantitative estimate of drug-likeness (QED) is 0.589. The van der Waals surface area contributed by atoms with E-state index in [-0.39, 0.29) is 24.9 Å². The number of likely N-dealkylation sites (N-methyl/N-ethyl adjacent to an activating group) is 1. The van der Waals surface area contributed by atoms with Crippen LogP contribution in [0.1, 0.15) is 0 Å². The van der Waals surface area contributed by atoms with E-state index in [1.807, 2.05) is 30.5 Å². The first-order valence-corrected chi connectivity index (χ1v) is 10.4. The Morgan fingerprint density at radius 3 is 1.89 bits per heavy atom. The Bertz CT molecular complexity index is 821. The minimum Gasteiger partial charge on any atom is -0.324 e. The Balaban J connectivity index is 1.88. The number of amides is 2. The summed E-state index contributed by atoms with van der Waals surface area (Å²) in [5.74, 6) is -3.21. The Hall–Kier alpha value is -2.10. The van der Waals surface area contributed by atoms with Crippen LogP contribution in [0.3, 0.4) is 0 Å². The molecule has 5 nitrogen and oxygen atoms in total. The van der Waals surface area contributed by atoms with Gasteiger partial charge in [-0.3, -0.25) is 14.5 Å². The molecule has 0 saturated carbocycles. The van der Waals surface area contributed by atoms with Crippen molar-refractivity contribution < 1.29 is 18.4 Å². The fourth-order valence-electron chi connectivity index (χ4n) is 2.44. The van der Waals surface area contributed by atoms with E-state index in [1.165, 1.54) is 17.8 Å². The van der Waals surface area contributed by atoms with Gasteiger partial charge in [-0.15, -0.1) is 11.8 Å². The summed E-state index contributed by atoms with van der Waals surface area (Å²) in [6.45, 7) is -0.0329. The van der Waals surface area contributed by atoms with Crippen molar-refractivity contribution in [3.63, 3.8) is 0 Å². The highest BCUT2D eigenvalue weighted by Crippen LogP contribution is 2.31. The third kappa shape index (κ3) is 7.14. The first-order chi connectivity index (χ1) is 13.4. The van der Waals surface area contributed by atoms with E-state index in [1.54, 1.807) is 30.1 Å². The molecule has 2 N–H and O–H groups in total. The highest BCUT2D eigenvalue weighted by Gasteiger charge is 2.15. The molecule has 0 aliphatic carbocycles. The molecule has 150 valence electrons. The number of thioether (sulfide) groups is 2. The van der Waals surface area contributed by atoms with Crippen LogP contribution in [0.4, 0.5) is 20.2 Å². The molecule has 0 aliphatic heterocycles. The van der Waals surface area contributed by atoms with Crippen molar-refractivity contribution in [3.05, 3.63) is 48.5 Å². The molecule has 0 aromatic heterocycles. The van der Waals surface area contributed by atoms with Gasteiger partial charge in [0.2, 0.25) is 11.8 Å². The van der Waals surface area contributed by atoms with Crippen LogP contribution in [0.2, 0.25) is 0 Å². The number of halogens is 2. The van der Waals surface area contributed by atoms with E-state index in [4.69, 9.17) is 0 Å². The average Bonchev–Trinajstić information content (AvgIpc) is 2.63. The lowest BCUT2D eigenvalue weighted by atomic mass is 10.3. The number of alkyl halides is 2. The molecular weight excluding hydrogens is 404 g/mol. The van der Waals surface area contributed by atoms with E-state index in [0.29, 0.717) is 22.3 Å². The van der Waals surface area contributed by atoms with Crippen LogP contribution in [-0.4, -0.2) is 48.9 Å². The molecule has 0 fully saturated rings. The summed E-state index contributed by atoms with van der Waals surface area (Å²) >= 11 is 1.90. The van der Waals surface area contributed by atoms with E-state index in [0.717, 1.165) is 10.6 Å². The molecular formula is C19H21F2N3O2S2. The van der Waals surface area contributed by atoms with Crippen molar-refractivity contribution >= 4 is 46.7 Å². The largest absolute Gasteiger partial charge is 0.324 e. The number of hydrogen-bond donors (Lipinski definition) is 2. The molecule has 2 rings (SSSR count). The lowest BCUT2D eigenvalue weighted by Crippen LogP contribution is -2.36. The zero-order valence-electron chi connectivity index (χ0n) is 15.4. The SMILES string of the molecule is CSc1ccccc1NC(=O)CN(C)CC(=O)Nc1ccccc1SC(F)F. The van der Waals surface area contributed by atoms with Gasteiger partial charge in [0, 0.05) is 9.79 Å². The molecule has 0 spiro atoms. The molecule has 0 bridgehead atoms. The van der Waals surface area contributed by atoms with Crippen LogP contribution in [0.5, 0.6) is 0 Å². The van der Waals surface area contributed by atoms with Gasteiger partial charge >= 0.3 is 0 Å². The van der Waals surface area contributed by atoms with Crippen molar-refractivity contribution in [1.29, 1.82) is 0 Å². The van der Waals surface area contributed by atoms with Gasteiger partial charge in [-0.05, 0) is 37.6 Å².